The van der Waals surface area contributed by atoms with Gasteiger partial charge in [0.1, 0.15) is 11.4 Å². The van der Waals surface area contributed by atoms with Crippen molar-refractivity contribution in [2.24, 2.45) is 5.92 Å². The first kappa shape index (κ1) is 14.8. The number of benzene rings is 1. The molecule has 2 atom stereocenters. The van der Waals surface area contributed by atoms with Gasteiger partial charge in [0.25, 0.3) is 0 Å². The van der Waals surface area contributed by atoms with Crippen molar-refractivity contribution in [2.45, 2.75) is 38.9 Å². The monoisotopic (exact) mass is 312 g/mol. The number of hydrogen-bond acceptors (Lipinski definition) is 5. The van der Waals surface area contributed by atoms with Gasteiger partial charge in [0, 0.05) is 38.8 Å². The lowest BCUT2D eigenvalue weighted by atomic mass is 9.95. The maximum Gasteiger partial charge on any atom is 0.122 e. The Morgan fingerprint density at radius 3 is 2.70 bits per heavy atom. The van der Waals surface area contributed by atoms with Gasteiger partial charge < -0.3 is 0 Å². The molecule has 1 aromatic carbocycles. The summed E-state index contributed by atoms with van der Waals surface area (Å²) in [6, 6.07) is 11.4. The molecule has 5 rings (SSSR count). The maximum absolute atomic E-state index is 4.86. The van der Waals surface area contributed by atoms with E-state index in [2.05, 4.69) is 50.4 Å². The fourth-order valence-electron chi connectivity index (χ4n) is 4.03. The SMILES string of the molecule is Cc1nonc1CN1C[C@@H]2CC[C@H]1CN(Cc1ccccc1)C2. The van der Waals surface area contributed by atoms with E-state index in [1.165, 1.54) is 31.5 Å². The second kappa shape index (κ2) is 6.42. The van der Waals surface area contributed by atoms with E-state index in [0.29, 0.717) is 6.04 Å². The van der Waals surface area contributed by atoms with Crippen LogP contribution in [0.1, 0.15) is 29.8 Å². The Balaban J connectivity index is 1.45. The van der Waals surface area contributed by atoms with E-state index in [-0.39, 0.29) is 0 Å². The smallest absolute Gasteiger partial charge is 0.122 e. The van der Waals surface area contributed by atoms with Gasteiger partial charge in [-0.1, -0.05) is 40.6 Å². The number of hydrogen-bond donors (Lipinski definition) is 0. The standard InChI is InChI=1S/C18H24N4O/c1-14-18(20-23-19-14)13-22-11-16-7-8-17(22)12-21(10-16)9-15-5-3-2-4-6-15/h2-6,16-17H,7-13H2,1H3/t16-,17+/m1/s1. The zero-order valence-corrected chi connectivity index (χ0v) is 13.7. The third kappa shape index (κ3) is 3.31. The molecular formula is C18H24N4O. The number of aryl methyl sites for hydroxylation is 1. The third-order valence-corrected chi connectivity index (χ3v) is 5.25. The van der Waals surface area contributed by atoms with Crippen molar-refractivity contribution < 1.29 is 4.63 Å². The molecule has 5 nitrogen and oxygen atoms in total. The van der Waals surface area contributed by atoms with Gasteiger partial charge in [-0.2, -0.15) is 0 Å². The molecule has 0 N–H and O–H groups in total. The van der Waals surface area contributed by atoms with Crippen LogP contribution in [0.2, 0.25) is 0 Å². The third-order valence-electron chi connectivity index (χ3n) is 5.25. The van der Waals surface area contributed by atoms with Crippen molar-refractivity contribution in [1.82, 2.24) is 20.1 Å². The van der Waals surface area contributed by atoms with Crippen LogP contribution >= 0.6 is 0 Å². The molecule has 0 unspecified atom stereocenters. The Bertz CT molecular complexity index is 641. The number of fused-ring (bicyclic) bond motifs is 4. The lowest BCUT2D eigenvalue weighted by Gasteiger charge is -2.35. The maximum atomic E-state index is 4.86. The number of nitrogens with zero attached hydrogens (tertiary/aromatic N) is 4. The van der Waals surface area contributed by atoms with Crippen molar-refractivity contribution in [3.63, 3.8) is 0 Å². The van der Waals surface area contributed by atoms with Crippen LogP contribution in [0.5, 0.6) is 0 Å². The van der Waals surface area contributed by atoms with Crippen LogP contribution in [0.4, 0.5) is 0 Å². The predicted octanol–water partition coefficient (Wildman–Crippen LogP) is 2.47. The van der Waals surface area contributed by atoms with Crippen molar-refractivity contribution in [3.8, 4) is 0 Å². The summed E-state index contributed by atoms with van der Waals surface area (Å²) in [5, 5.41) is 7.98. The molecular weight excluding hydrogens is 288 g/mol. The minimum absolute atomic E-state index is 0.619. The second-order valence-corrected chi connectivity index (χ2v) is 7.00. The summed E-state index contributed by atoms with van der Waals surface area (Å²) in [5.41, 5.74) is 3.33. The van der Waals surface area contributed by atoms with Crippen molar-refractivity contribution >= 4 is 0 Å². The minimum Gasteiger partial charge on any atom is -0.297 e. The zero-order chi connectivity index (χ0) is 15.6. The van der Waals surface area contributed by atoms with E-state index in [4.69, 9.17) is 4.63 Å². The first-order valence-electron chi connectivity index (χ1n) is 8.56. The molecule has 0 amide bonds. The van der Waals surface area contributed by atoms with E-state index < -0.39 is 0 Å². The van der Waals surface area contributed by atoms with Gasteiger partial charge >= 0.3 is 0 Å². The first-order chi connectivity index (χ1) is 11.3. The summed E-state index contributed by atoms with van der Waals surface area (Å²) in [6.07, 6.45) is 2.64. The van der Waals surface area contributed by atoms with Crippen LogP contribution in [0.15, 0.2) is 35.0 Å². The van der Waals surface area contributed by atoms with Crippen molar-refractivity contribution in [2.75, 3.05) is 19.6 Å². The Morgan fingerprint density at radius 1 is 1.04 bits per heavy atom. The number of rotatable bonds is 4. The lowest BCUT2D eigenvalue weighted by Crippen LogP contribution is -2.43. The van der Waals surface area contributed by atoms with Crippen LogP contribution in [0, 0.1) is 12.8 Å². The molecule has 2 aromatic rings. The summed E-state index contributed by atoms with van der Waals surface area (Å²) in [4.78, 5) is 5.22. The Kier molecular flexibility index (Phi) is 4.14. The molecule has 0 aliphatic carbocycles. The first-order valence-corrected chi connectivity index (χ1v) is 8.56. The van der Waals surface area contributed by atoms with Gasteiger partial charge in [0.05, 0.1) is 0 Å². The number of aromatic nitrogens is 2. The molecule has 0 radical (unpaired) electrons. The summed E-state index contributed by atoms with van der Waals surface area (Å²) in [7, 11) is 0. The van der Waals surface area contributed by atoms with Crippen LogP contribution in [-0.2, 0) is 13.1 Å². The van der Waals surface area contributed by atoms with Gasteiger partial charge in [-0.05, 0) is 31.2 Å². The molecule has 3 aliphatic rings. The van der Waals surface area contributed by atoms with Gasteiger partial charge in [-0.15, -0.1) is 0 Å². The quantitative estimate of drug-likeness (QED) is 0.868. The van der Waals surface area contributed by atoms with Gasteiger partial charge in [0.2, 0.25) is 0 Å². The fourth-order valence-corrected chi connectivity index (χ4v) is 4.03. The normalized spacial score (nSPS) is 25.6. The molecule has 0 saturated carbocycles. The highest BCUT2D eigenvalue weighted by Crippen LogP contribution is 2.30. The van der Waals surface area contributed by atoms with Crippen LogP contribution in [-0.4, -0.2) is 45.8 Å². The Hall–Kier alpha value is -1.72. The van der Waals surface area contributed by atoms with Crippen LogP contribution in [0.25, 0.3) is 0 Å². The van der Waals surface area contributed by atoms with Gasteiger partial charge in [-0.25, -0.2) is 4.63 Å². The van der Waals surface area contributed by atoms with Gasteiger partial charge in [0.15, 0.2) is 0 Å². The molecule has 3 aliphatic heterocycles. The predicted molar refractivity (Wildman–Crippen MR) is 87.7 cm³/mol. The van der Waals surface area contributed by atoms with E-state index >= 15 is 0 Å². The van der Waals surface area contributed by atoms with E-state index in [1.54, 1.807) is 0 Å². The highest BCUT2D eigenvalue weighted by atomic mass is 16.6. The summed E-state index contributed by atoms with van der Waals surface area (Å²) < 4.78 is 4.86. The average Bonchev–Trinajstić information content (AvgIpc) is 2.78. The molecule has 5 heteroatoms. The molecule has 23 heavy (non-hydrogen) atoms. The Morgan fingerprint density at radius 2 is 1.91 bits per heavy atom. The minimum atomic E-state index is 0.619. The molecule has 0 spiro atoms. The fraction of sp³-hybridized carbons (Fsp3) is 0.556. The summed E-state index contributed by atoms with van der Waals surface area (Å²) in [6.45, 7) is 7.43. The second-order valence-electron chi connectivity index (χ2n) is 7.00. The average molecular weight is 312 g/mol. The number of piperidine rings is 1. The van der Waals surface area contributed by atoms with Crippen LogP contribution < -0.4 is 0 Å². The van der Waals surface area contributed by atoms with Gasteiger partial charge in [-0.3, -0.25) is 9.80 Å². The highest BCUT2D eigenvalue weighted by molar-refractivity contribution is 5.15. The van der Waals surface area contributed by atoms with E-state index in [9.17, 15) is 0 Å². The molecule has 4 heterocycles. The molecule has 3 saturated heterocycles. The van der Waals surface area contributed by atoms with E-state index in [1.807, 2.05) is 6.92 Å². The van der Waals surface area contributed by atoms with Crippen LogP contribution in [0.3, 0.4) is 0 Å². The lowest BCUT2D eigenvalue weighted by molar-refractivity contribution is 0.119. The zero-order valence-electron chi connectivity index (χ0n) is 13.7. The summed E-state index contributed by atoms with van der Waals surface area (Å²) >= 11 is 0. The molecule has 2 bridgehead atoms. The highest BCUT2D eigenvalue weighted by Gasteiger charge is 2.35. The van der Waals surface area contributed by atoms with E-state index in [0.717, 1.165) is 36.9 Å². The molecule has 3 fully saturated rings. The largest absolute Gasteiger partial charge is 0.297 e. The molecule has 122 valence electrons. The molecule has 1 aromatic heterocycles. The van der Waals surface area contributed by atoms with Crippen molar-refractivity contribution in [3.05, 3.63) is 47.3 Å². The summed E-state index contributed by atoms with van der Waals surface area (Å²) in [5.74, 6) is 0.762. The Labute approximate surface area is 137 Å². The topological polar surface area (TPSA) is 45.4 Å². The van der Waals surface area contributed by atoms with Crippen molar-refractivity contribution in [1.29, 1.82) is 0 Å².